The molecule has 0 aliphatic rings. The Morgan fingerprint density at radius 2 is 2.00 bits per heavy atom. The molecule has 0 spiro atoms. The average molecular weight is 302 g/mol. The Morgan fingerprint density at radius 3 is 2.73 bits per heavy atom. The highest BCUT2D eigenvalue weighted by molar-refractivity contribution is 5.93. The standard InChI is InChI=1S/C16H19FN4O/c1-21(2)9-8-19-16(22)15-11-14(6-7-18-15)20-13-5-3-4-12(17)10-13/h3-7,10-11H,8-9H2,1-2H3,(H,18,20)(H,19,22). The van der Waals surface area contributed by atoms with Crippen molar-refractivity contribution in [2.45, 2.75) is 0 Å². The summed E-state index contributed by atoms with van der Waals surface area (Å²) in [5.74, 6) is -0.551. The van der Waals surface area contributed by atoms with Gasteiger partial charge in [0.05, 0.1) is 0 Å². The van der Waals surface area contributed by atoms with Gasteiger partial charge in [-0.3, -0.25) is 9.78 Å². The molecule has 0 saturated carbocycles. The number of nitrogens with zero attached hydrogens (tertiary/aromatic N) is 2. The van der Waals surface area contributed by atoms with Crippen LogP contribution in [-0.2, 0) is 0 Å². The molecule has 2 aromatic rings. The largest absolute Gasteiger partial charge is 0.355 e. The molecule has 0 saturated heterocycles. The fraction of sp³-hybridized carbons (Fsp3) is 0.250. The van der Waals surface area contributed by atoms with E-state index in [4.69, 9.17) is 0 Å². The second-order valence-electron chi connectivity index (χ2n) is 5.12. The van der Waals surface area contributed by atoms with Gasteiger partial charge in [0.1, 0.15) is 11.5 Å². The second kappa shape index (κ2) is 7.51. The first-order valence-electron chi connectivity index (χ1n) is 6.96. The molecule has 1 aromatic heterocycles. The molecule has 2 rings (SSSR count). The summed E-state index contributed by atoms with van der Waals surface area (Å²) in [6.07, 6.45) is 1.54. The Morgan fingerprint density at radius 1 is 1.23 bits per heavy atom. The Balaban J connectivity index is 2.01. The van der Waals surface area contributed by atoms with Crippen molar-refractivity contribution in [1.82, 2.24) is 15.2 Å². The van der Waals surface area contributed by atoms with Crippen LogP contribution in [0.1, 0.15) is 10.5 Å². The number of hydrogen-bond acceptors (Lipinski definition) is 4. The molecule has 1 amide bonds. The van der Waals surface area contributed by atoms with Crippen LogP contribution >= 0.6 is 0 Å². The number of rotatable bonds is 6. The average Bonchev–Trinajstić information content (AvgIpc) is 2.47. The van der Waals surface area contributed by atoms with E-state index in [0.29, 0.717) is 23.6 Å². The smallest absolute Gasteiger partial charge is 0.269 e. The number of halogens is 1. The molecule has 0 fully saturated rings. The lowest BCUT2D eigenvalue weighted by Gasteiger charge is -2.11. The van der Waals surface area contributed by atoms with Gasteiger partial charge >= 0.3 is 0 Å². The number of amides is 1. The molecule has 1 heterocycles. The summed E-state index contributed by atoms with van der Waals surface area (Å²) >= 11 is 0. The first-order chi connectivity index (χ1) is 10.5. The van der Waals surface area contributed by atoms with E-state index >= 15 is 0 Å². The summed E-state index contributed by atoms with van der Waals surface area (Å²) in [4.78, 5) is 18.0. The monoisotopic (exact) mass is 302 g/mol. The topological polar surface area (TPSA) is 57.3 Å². The number of likely N-dealkylation sites (N-methyl/N-ethyl adjacent to an activating group) is 1. The third kappa shape index (κ3) is 4.82. The maximum absolute atomic E-state index is 13.2. The number of pyridine rings is 1. The molecule has 2 N–H and O–H groups in total. The van der Waals surface area contributed by atoms with Crippen LogP contribution in [0, 0.1) is 5.82 Å². The zero-order valence-electron chi connectivity index (χ0n) is 12.6. The van der Waals surface area contributed by atoms with Crippen molar-refractivity contribution in [3.63, 3.8) is 0 Å². The minimum absolute atomic E-state index is 0.232. The van der Waals surface area contributed by atoms with Gasteiger partial charge in [0.15, 0.2) is 0 Å². The van der Waals surface area contributed by atoms with E-state index < -0.39 is 0 Å². The van der Waals surface area contributed by atoms with Gasteiger partial charge < -0.3 is 15.5 Å². The Bertz CT molecular complexity index is 646. The first kappa shape index (κ1) is 15.9. The first-order valence-corrected chi connectivity index (χ1v) is 6.96. The molecule has 0 radical (unpaired) electrons. The van der Waals surface area contributed by atoms with Gasteiger partial charge in [0.2, 0.25) is 0 Å². The summed E-state index contributed by atoms with van der Waals surface area (Å²) in [6.45, 7) is 1.31. The zero-order chi connectivity index (χ0) is 15.9. The highest BCUT2D eigenvalue weighted by Gasteiger charge is 2.07. The SMILES string of the molecule is CN(C)CCNC(=O)c1cc(Nc2cccc(F)c2)ccn1. The van der Waals surface area contributed by atoms with E-state index in [2.05, 4.69) is 15.6 Å². The second-order valence-corrected chi connectivity index (χ2v) is 5.12. The van der Waals surface area contributed by atoms with Gasteiger partial charge in [-0.1, -0.05) is 6.07 Å². The number of anilines is 2. The maximum Gasteiger partial charge on any atom is 0.269 e. The van der Waals surface area contributed by atoms with Crippen LogP contribution in [0.3, 0.4) is 0 Å². The van der Waals surface area contributed by atoms with Gasteiger partial charge in [-0.25, -0.2) is 4.39 Å². The lowest BCUT2D eigenvalue weighted by molar-refractivity contribution is 0.0946. The Labute approximate surface area is 129 Å². The van der Waals surface area contributed by atoms with Crippen LogP contribution < -0.4 is 10.6 Å². The molecule has 0 unspecified atom stereocenters. The predicted octanol–water partition coefficient (Wildman–Crippen LogP) is 2.26. The number of carbonyl (C=O) groups excluding carboxylic acids is 1. The van der Waals surface area contributed by atoms with E-state index in [-0.39, 0.29) is 11.7 Å². The normalized spacial score (nSPS) is 10.5. The van der Waals surface area contributed by atoms with E-state index in [1.54, 1.807) is 30.5 Å². The van der Waals surface area contributed by atoms with Gasteiger partial charge in [0.25, 0.3) is 5.91 Å². The van der Waals surface area contributed by atoms with Crippen molar-refractivity contribution in [3.8, 4) is 0 Å². The van der Waals surface area contributed by atoms with Gasteiger partial charge in [-0.2, -0.15) is 0 Å². The zero-order valence-corrected chi connectivity index (χ0v) is 12.6. The highest BCUT2D eigenvalue weighted by atomic mass is 19.1. The van der Waals surface area contributed by atoms with Crippen LogP contribution in [0.25, 0.3) is 0 Å². The van der Waals surface area contributed by atoms with Gasteiger partial charge in [0, 0.05) is 30.7 Å². The van der Waals surface area contributed by atoms with Crippen LogP contribution in [0.2, 0.25) is 0 Å². The minimum Gasteiger partial charge on any atom is -0.355 e. The van der Waals surface area contributed by atoms with Crippen molar-refractivity contribution >= 4 is 17.3 Å². The van der Waals surface area contributed by atoms with Gasteiger partial charge in [-0.05, 0) is 44.4 Å². The van der Waals surface area contributed by atoms with E-state index in [1.807, 2.05) is 19.0 Å². The molecule has 0 atom stereocenters. The molecular formula is C16H19FN4O. The number of carbonyl (C=O) groups is 1. The van der Waals surface area contributed by atoms with Crippen LogP contribution in [-0.4, -0.2) is 43.0 Å². The maximum atomic E-state index is 13.2. The lowest BCUT2D eigenvalue weighted by Crippen LogP contribution is -2.31. The molecule has 0 bridgehead atoms. The van der Waals surface area contributed by atoms with Crippen LogP contribution in [0.4, 0.5) is 15.8 Å². The van der Waals surface area contributed by atoms with Crippen LogP contribution in [0.15, 0.2) is 42.6 Å². The minimum atomic E-state index is -0.319. The lowest BCUT2D eigenvalue weighted by atomic mass is 10.2. The van der Waals surface area contributed by atoms with Crippen molar-refractivity contribution in [2.75, 3.05) is 32.5 Å². The van der Waals surface area contributed by atoms with E-state index in [0.717, 1.165) is 6.54 Å². The molecule has 22 heavy (non-hydrogen) atoms. The molecule has 0 aliphatic carbocycles. The molecule has 116 valence electrons. The fourth-order valence-corrected chi connectivity index (χ4v) is 1.85. The third-order valence-electron chi connectivity index (χ3n) is 2.95. The predicted molar refractivity (Wildman–Crippen MR) is 84.8 cm³/mol. The number of nitrogens with one attached hydrogen (secondary N) is 2. The number of hydrogen-bond donors (Lipinski definition) is 2. The highest BCUT2D eigenvalue weighted by Crippen LogP contribution is 2.17. The van der Waals surface area contributed by atoms with Gasteiger partial charge in [-0.15, -0.1) is 0 Å². The number of benzene rings is 1. The molecule has 1 aromatic carbocycles. The summed E-state index contributed by atoms with van der Waals surface area (Å²) in [5, 5.41) is 5.85. The summed E-state index contributed by atoms with van der Waals surface area (Å²) in [5.41, 5.74) is 1.61. The molecular weight excluding hydrogens is 283 g/mol. The van der Waals surface area contributed by atoms with Crippen molar-refractivity contribution < 1.29 is 9.18 Å². The molecule has 6 heteroatoms. The summed E-state index contributed by atoms with van der Waals surface area (Å²) in [6, 6.07) is 9.49. The van der Waals surface area contributed by atoms with Crippen molar-refractivity contribution in [2.24, 2.45) is 0 Å². The van der Waals surface area contributed by atoms with Crippen molar-refractivity contribution in [3.05, 3.63) is 54.1 Å². The Kier molecular flexibility index (Phi) is 5.43. The molecule has 0 aliphatic heterocycles. The van der Waals surface area contributed by atoms with Crippen LogP contribution in [0.5, 0.6) is 0 Å². The third-order valence-corrected chi connectivity index (χ3v) is 2.95. The molecule has 5 nitrogen and oxygen atoms in total. The Hall–Kier alpha value is -2.47. The summed E-state index contributed by atoms with van der Waals surface area (Å²) < 4.78 is 13.2. The number of aromatic nitrogens is 1. The fourth-order valence-electron chi connectivity index (χ4n) is 1.85. The van der Waals surface area contributed by atoms with E-state index in [9.17, 15) is 9.18 Å². The van der Waals surface area contributed by atoms with Crippen molar-refractivity contribution in [1.29, 1.82) is 0 Å². The quantitative estimate of drug-likeness (QED) is 0.859. The summed E-state index contributed by atoms with van der Waals surface area (Å²) in [7, 11) is 3.88. The van der Waals surface area contributed by atoms with E-state index in [1.165, 1.54) is 12.1 Å².